The number of hydrogen-bond donors (Lipinski definition) is 1. The first-order valence-electron chi connectivity index (χ1n) is 4.82. The molecule has 15 heavy (non-hydrogen) atoms. The molecule has 0 unspecified atom stereocenters. The van der Waals surface area contributed by atoms with Gasteiger partial charge >= 0.3 is 0 Å². The molecule has 0 aromatic carbocycles. The van der Waals surface area contributed by atoms with E-state index in [0.29, 0.717) is 5.92 Å². The normalized spacial score (nSPS) is 10.3. The van der Waals surface area contributed by atoms with Crippen LogP contribution >= 0.6 is 23.3 Å². The van der Waals surface area contributed by atoms with Crippen molar-refractivity contribution in [2.45, 2.75) is 19.8 Å². The second-order valence-electron chi connectivity index (χ2n) is 3.30. The molecular formula is C10H15N3S2. The Balaban J connectivity index is 2.23. The van der Waals surface area contributed by atoms with Gasteiger partial charge in [0.05, 0.1) is 5.75 Å². The van der Waals surface area contributed by atoms with E-state index in [2.05, 4.69) is 34.4 Å². The Labute approximate surface area is 99.2 Å². The molecule has 0 amide bonds. The van der Waals surface area contributed by atoms with Crippen molar-refractivity contribution in [3.8, 4) is 12.3 Å². The van der Waals surface area contributed by atoms with Gasteiger partial charge in [-0.1, -0.05) is 19.8 Å². The molecule has 3 nitrogen and oxygen atoms in total. The largest absolute Gasteiger partial charge is 0.359 e. The Morgan fingerprint density at radius 1 is 1.60 bits per heavy atom. The summed E-state index contributed by atoms with van der Waals surface area (Å²) in [6.07, 6.45) is 5.15. The first-order chi connectivity index (χ1) is 7.24. The number of nitrogens with zero attached hydrogens (tertiary/aromatic N) is 2. The van der Waals surface area contributed by atoms with Gasteiger partial charge in [-0.05, 0) is 0 Å². The molecule has 0 fully saturated rings. The first-order valence-corrected chi connectivity index (χ1v) is 6.75. The van der Waals surface area contributed by atoms with Crippen LogP contribution in [0.4, 0.5) is 5.13 Å². The van der Waals surface area contributed by atoms with E-state index in [1.165, 1.54) is 11.5 Å². The Morgan fingerprint density at radius 3 is 3.00 bits per heavy atom. The van der Waals surface area contributed by atoms with Crippen molar-refractivity contribution in [3.63, 3.8) is 0 Å². The average Bonchev–Trinajstić information content (AvgIpc) is 2.66. The highest BCUT2D eigenvalue weighted by atomic mass is 32.2. The van der Waals surface area contributed by atoms with Gasteiger partial charge in [0.15, 0.2) is 0 Å². The van der Waals surface area contributed by atoms with E-state index in [-0.39, 0.29) is 0 Å². The predicted octanol–water partition coefficient (Wildman–Crippen LogP) is 2.44. The smallest absolute Gasteiger partial charge is 0.202 e. The summed E-state index contributed by atoms with van der Waals surface area (Å²) in [6.45, 7) is 5.07. The standard InChI is InChI=1S/C10H15N3S2/c1-4-6-14-7-5-11-10-12-9(8(2)3)13-15-10/h1,8H,5-7H2,2-3H3,(H,11,12,13). The Hall–Kier alpha value is -0.730. The van der Waals surface area contributed by atoms with Gasteiger partial charge in [0.2, 0.25) is 5.13 Å². The summed E-state index contributed by atoms with van der Waals surface area (Å²) in [5.41, 5.74) is 0. The molecule has 1 aromatic rings. The van der Waals surface area contributed by atoms with Crippen LogP contribution in [-0.4, -0.2) is 27.4 Å². The monoisotopic (exact) mass is 241 g/mol. The third-order valence-electron chi connectivity index (χ3n) is 1.67. The minimum atomic E-state index is 0.396. The first kappa shape index (κ1) is 12.3. The molecule has 1 heterocycles. The van der Waals surface area contributed by atoms with Crippen LogP contribution in [0.5, 0.6) is 0 Å². The van der Waals surface area contributed by atoms with Gasteiger partial charge in [0.1, 0.15) is 5.82 Å². The van der Waals surface area contributed by atoms with Crippen LogP contribution in [0.2, 0.25) is 0 Å². The SMILES string of the molecule is C#CCSCCNc1nc(C(C)C)ns1. The molecule has 0 aliphatic carbocycles. The van der Waals surface area contributed by atoms with Crippen LogP contribution < -0.4 is 5.32 Å². The molecule has 0 aliphatic heterocycles. The molecule has 0 spiro atoms. The summed E-state index contributed by atoms with van der Waals surface area (Å²) in [5, 5.41) is 4.14. The van der Waals surface area contributed by atoms with E-state index < -0.39 is 0 Å². The third-order valence-corrected chi connectivity index (χ3v) is 3.22. The molecule has 0 bridgehead atoms. The summed E-state index contributed by atoms with van der Waals surface area (Å²) in [6, 6.07) is 0. The van der Waals surface area contributed by atoms with Crippen LogP contribution in [-0.2, 0) is 0 Å². The van der Waals surface area contributed by atoms with E-state index in [0.717, 1.165) is 29.0 Å². The van der Waals surface area contributed by atoms with Gasteiger partial charge < -0.3 is 5.32 Å². The van der Waals surface area contributed by atoms with Crippen LogP contribution in [0.3, 0.4) is 0 Å². The van der Waals surface area contributed by atoms with Crippen molar-refractivity contribution in [2.75, 3.05) is 23.4 Å². The molecule has 0 saturated carbocycles. The van der Waals surface area contributed by atoms with Gasteiger partial charge in [0.25, 0.3) is 0 Å². The zero-order valence-corrected chi connectivity index (χ0v) is 10.6. The maximum Gasteiger partial charge on any atom is 0.202 e. The van der Waals surface area contributed by atoms with Crippen molar-refractivity contribution in [3.05, 3.63) is 5.82 Å². The Bertz CT molecular complexity index is 328. The quantitative estimate of drug-likeness (QED) is 0.613. The maximum atomic E-state index is 5.15. The van der Waals surface area contributed by atoms with Gasteiger partial charge in [-0.25, -0.2) is 4.98 Å². The summed E-state index contributed by atoms with van der Waals surface area (Å²) in [4.78, 5) is 4.37. The van der Waals surface area contributed by atoms with Crippen molar-refractivity contribution >= 4 is 28.4 Å². The Kier molecular flexibility index (Phi) is 5.51. The second-order valence-corrected chi connectivity index (χ2v) is 5.15. The highest BCUT2D eigenvalue weighted by Gasteiger charge is 2.06. The summed E-state index contributed by atoms with van der Waals surface area (Å²) >= 11 is 3.16. The fraction of sp³-hybridized carbons (Fsp3) is 0.600. The molecule has 5 heteroatoms. The van der Waals surface area contributed by atoms with E-state index in [4.69, 9.17) is 6.42 Å². The van der Waals surface area contributed by atoms with Gasteiger partial charge in [-0.2, -0.15) is 4.37 Å². The molecule has 1 aromatic heterocycles. The lowest BCUT2D eigenvalue weighted by Crippen LogP contribution is -2.04. The van der Waals surface area contributed by atoms with Crippen molar-refractivity contribution in [1.29, 1.82) is 0 Å². The average molecular weight is 241 g/mol. The summed E-state index contributed by atoms with van der Waals surface area (Å²) in [5.74, 6) is 5.68. The highest BCUT2D eigenvalue weighted by Crippen LogP contribution is 2.17. The number of thioether (sulfide) groups is 1. The molecule has 1 rings (SSSR count). The zero-order chi connectivity index (χ0) is 11.1. The van der Waals surface area contributed by atoms with Crippen molar-refractivity contribution < 1.29 is 0 Å². The minimum Gasteiger partial charge on any atom is -0.359 e. The molecule has 0 saturated heterocycles. The maximum absolute atomic E-state index is 5.15. The number of nitrogens with one attached hydrogen (secondary N) is 1. The van der Waals surface area contributed by atoms with Crippen LogP contribution in [0.15, 0.2) is 0 Å². The van der Waals surface area contributed by atoms with E-state index in [1.807, 2.05) is 0 Å². The van der Waals surface area contributed by atoms with E-state index in [1.54, 1.807) is 11.8 Å². The molecular weight excluding hydrogens is 226 g/mol. The van der Waals surface area contributed by atoms with Gasteiger partial charge in [-0.15, -0.1) is 18.2 Å². The molecule has 0 radical (unpaired) electrons. The lowest BCUT2D eigenvalue weighted by Gasteiger charge is -1.99. The predicted molar refractivity (Wildman–Crippen MR) is 68.6 cm³/mol. The topological polar surface area (TPSA) is 37.8 Å². The highest BCUT2D eigenvalue weighted by molar-refractivity contribution is 7.99. The Morgan fingerprint density at radius 2 is 2.40 bits per heavy atom. The fourth-order valence-corrected chi connectivity index (χ4v) is 2.14. The number of hydrogen-bond acceptors (Lipinski definition) is 5. The summed E-state index contributed by atoms with van der Waals surface area (Å²) < 4.78 is 4.26. The van der Waals surface area contributed by atoms with Gasteiger partial charge in [0, 0.05) is 29.7 Å². The summed E-state index contributed by atoms with van der Waals surface area (Å²) in [7, 11) is 0. The number of rotatable bonds is 6. The van der Waals surface area contributed by atoms with Crippen molar-refractivity contribution in [1.82, 2.24) is 9.36 Å². The van der Waals surface area contributed by atoms with Crippen LogP contribution in [0.1, 0.15) is 25.6 Å². The fourth-order valence-electron chi connectivity index (χ4n) is 0.902. The molecule has 0 aliphatic rings. The van der Waals surface area contributed by atoms with E-state index in [9.17, 15) is 0 Å². The molecule has 0 atom stereocenters. The number of aromatic nitrogens is 2. The number of anilines is 1. The van der Waals surface area contributed by atoms with Gasteiger partial charge in [-0.3, -0.25) is 0 Å². The molecule has 82 valence electrons. The lowest BCUT2D eigenvalue weighted by atomic mass is 10.2. The third kappa shape index (κ3) is 4.54. The molecule has 1 N–H and O–H groups in total. The van der Waals surface area contributed by atoms with Crippen LogP contribution in [0.25, 0.3) is 0 Å². The second kappa shape index (κ2) is 6.70. The van der Waals surface area contributed by atoms with E-state index >= 15 is 0 Å². The zero-order valence-electron chi connectivity index (χ0n) is 8.99. The van der Waals surface area contributed by atoms with Crippen LogP contribution in [0, 0.1) is 12.3 Å². The number of terminal acetylenes is 1. The van der Waals surface area contributed by atoms with Crippen molar-refractivity contribution in [2.24, 2.45) is 0 Å². The lowest BCUT2D eigenvalue weighted by molar-refractivity contribution is 0.799. The minimum absolute atomic E-state index is 0.396.